The van der Waals surface area contributed by atoms with Crippen LogP contribution >= 0.6 is 0 Å². The molecule has 0 radical (unpaired) electrons. The van der Waals surface area contributed by atoms with E-state index in [0.717, 1.165) is 30.6 Å². The number of carbonyl (C=O) groups excluding carboxylic acids is 2. The lowest BCUT2D eigenvalue weighted by molar-refractivity contribution is 0.0858. The van der Waals surface area contributed by atoms with Crippen LogP contribution in [0.15, 0.2) is 59.1 Å². The zero-order valence-electron chi connectivity index (χ0n) is 16.7. The van der Waals surface area contributed by atoms with E-state index in [2.05, 4.69) is 15.8 Å². The molecule has 0 bridgehead atoms. The third-order valence-corrected chi connectivity index (χ3v) is 5.02. The number of rotatable bonds is 6. The van der Waals surface area contributed by atoms with E-state index < -0.39 is 5.91 Å². The third-order valence-electron chi connectivity index (χ3n) is 5.02. The Hall–Kier alpha value is -3.45. The molecule has 1 saturated heterocycles. The van der Waals surface area contributed by atoms with E-state index in [4.69, 9.17) is 9.26 Å². The zero-order valence-corrected chi connectivity index (χ0v) is 16.7. The summed E-state index contributed by atoms with van der Waals surface area (Å²) in [5.41, 5.74) is 3.34. The second-order valence-electron chi connectivity index (χ2n) is 7.29. The quantitative estimate of drug-likeness (QED) is 0.650. The molecule has 1 atom stereocenters. The lowest BCUT2D eigenvalue weighted by Gasteiger charge is -2.13. The molecule has 1 unspecified atom stereocenters. The van der Waals surface area contributed by atoms with E-state index in [0.29, 0.717) is 23.5 Å². The molecule has 3 aromatic rings. The van der Waals surface area contributed by atoms with Crippen LogP contribution in [0.1, 0.15) is 39.3 Å². The molecule has 2 amide bonds. The predicted octanol–water partition coefficient (Wildman–Crippen LogP) is 3.81. The summed E-state index contributed by atoms with van der Waals surface area (Å²) in [6, 6.07) is 16.2. The maximum Gasteiger partial charge on any atom is 0.294 e. The first-order valence-electron chi connectivity index (χ1n) is 9.94. The van der Waals surface area contributed by atoms with Gasteiger partial charge in [-0.3, -0.25) is 9.59 Å². The molecule has 7 heteroatoms. The molecule has 1 fully saturated rings. The summed E-state index contributed by atoms with van der Waals surface area (Å²) in [6.45, 7) is 3.18. The summed E-state index contributed by atoms with van der Waals surface area (Å²) >= 11 is 0. The Morgan fingerprint density at radius 1 is 1.10 bits per heavy atom. The van der Waals surface area contributed by atoms with Crippen molar-refractivity contribution in [3.8, 4) is 11.3 Å². The minimum Gasteiger partial charge on any atom is -0.376 e. The summed E-state index contributed by atoms with van der Waals surface area (Å²) in [7, 11) is 0. The van der Waals surface area contributed by atoms with Crippen molar-refractivity contribution in [1.29, 1.82) is 0 Å². The number of hydrogen-bond donors (Lipinski definition) is 2. The van der Waals surface area contributed by atoms with Crippen molar-refractivity contribution in [2.24, 2.45) is 0 Å². The first kappa shape index (κ1) is 19.8. The Morgan fingerprint density at radius 3 is 2.67 bits per heavy atom. The Kier molecular flexibility index (Phi) is 5.90. The molecule has 2 aromatic carbocycles. The second kappa shape index (κ2) is 8.92. The molecular formula is C23H23N3O4. The predicted molar refractivity (Wildman–Crippen MR) is 112 cm³/mol. The molecule has 154 valence electrons. The molecule has 2 N–H and O–H groups in total. The van der Waals surface area contributed by atoms with E-state index in [1.165, 1.54) is 0 Å². The van der Waals surface area contributed by atoms with Gasteiger partial charge < -0.3 is 19.9 Å². The van der Waals surface area contributed by atoms with Crippen LogP contribution in [0.2, 0.25) is 0 Å². The Balaban J connectivity index is 1.44. The number of ether oxygens (including phenoxy) is 1. The molecule has 1 aliphatic heterocycles. The number of aromatic nitrogens is 1. The highest BCUT2D eigenvalue weighted by atomic mass is 16.5. The smallest absolute Gasteiger partial charge is 0.294 e. The number of amides is 2. The van der Waals surface area contributed by atoms with Crippen molar-refractivity contribution < 1.29 is 18.8 Å². The van der Waals surface area contributed by atoms with Gasteiger partial charge in [0.25, 0.3) is 11.8 Å². The van der Waals surface area contributed by atoms with Gasteiger partial charge in [0.15, 0.2) is 0 Å². The molecule has 2 heterocycles. The molecule has 7 nitrogen and oxygen atoms in total. The number of nitrogens with zero attached hydrogens (tertiary/aromatic N) is 1. The van der Waals surface area contributed by atoms with E-state index in [-0.39, 0.29) is 17.8 Å². The van der Waals surface area contributed by atoms with Gasteiger partial charge in [-0.05, 0) is 31.9 Å². The monoisotopic (exact) mass is 405 g/mol. The Morgan fingerprint density at radius 2 is 1.90 bits per heavy atom. The number of carbonyl (C=O) groups is 2. The van der Waals surface area contributed by atoms with E-state index in [1.54, 1.807) is 30.3 Å². The van der Waals surface area contributed by atoms with Crippen molar-refractivity contribution in [2.75, 3.05) is 18.5 Å². The van der Waals surface area contributed by atoms with Crippen LogP contribution < -0.4 is 10.6 Å². The number of benzene rings is 2. The topological polar surface area (TPSA) is 93.5 Å². The third kappa shape index (κ3) is 4.58. The molecule has 0 aliphatic carbocycles. The van der Waals surface area contributed by atoms with Crippen molar-refractivity contribution in [3.05, 3.63) is 71.5 Å². The highest BCUT2D eigenvalue weighted by Crippen LogP contribution is 2.21. The standard InChI is InChI=1S/C23H23N3O4/c1-15-8-10-16(11-9-15)20-13-21(30-26-20)23(28)25-19-7-3-2-6-18(19)22(27)24-14-17-5-4-12-29-17/h2-3,6-11,13,17H,4-5,12,14H2,1H3,(H,24,27)(H,25,28). The van der Waals surface area contributed by atoms with Gasteiger partial charge in [0.05, 0.1) is 17.4 Å². The van der Waals surface area contributed by atoms with Gasteiger partial charge in [0.1, 0.15) is 5.69 Å². The normalized spacial score (nSPS) is 15.7. The van der Waals surface area contributed by atoms with Gasteiger partial charge >= 0.3 is 0 Å². The average molecular weight is 405 g/mol. The molecular weight excluding hydrogens is 382 g/mol. The highest BCUT2D eigenvalue weighted by Gasteiger charge is 2.20. The fourth-order valence-corrected chi connectivity index (χ4v) is 3.32. The summed E-state index contributed by atoms with van der Waals surface area (Å²) in [4.78, 5) is 25.3. The maximum atomic E-state index is 12.7. The van der Waals surface area contributed by atoms with Crippen LogP contribution in [0.5, 0.6) is 0 Å². The lowest BCUT2D eigenvalue weighted by atomic mass is 10.1. The summed E-state index contributed by atoms with van der Waals surface area (Å²) in [5.74, 6) is -0.667. The van der Waals surface area contributed by atoms with Crippen molar-refractivity contribution in [3.63, 3.8) is 0 Å². The number of aryl methyl sites for hydroxylation is 1. The molecule has 0 saturated carbocycles. The van der Waals surface area contributed by atoms with Crippen LogP contribution in [-0.2, 0) is 4.74 Å². The van der Waals surface area contributed by atoms with Crippen molar-refractivity contribution in [1.82, 2.24) is 10.5 Å². The van der Waals surface area contributed by atoms with Crippen LogP contribution in [-0.4, -0.2) is 36.2 Å². The van der Waals surface area contributed by atoms with Gasteiger partial charge in [-0.1, -0.05) is 47.1 Å². The number of nitrogens with one attached hydrogen (secondary N) is 2. The van der Waals surface area contributed by atoms with Crippen molar-refractivity contribution in [2.45, 2.75) is 25.9 Å². The fraction of sp³-hybridized carbons (Fsp3) is 0.261. The Bertz CT molecular complexity index is 1040. The average Bonchev–Trinajstić information content (AvgIpc) is 3.45. The van der Waals surface area contributed by atoms with Crippen LogP contribution in [0.25, 0.3) is 11.3 Å². The number of anilines is 1. The van der Waals surface area contributed by atoms with Crippen molar-refractivity contribution >= 4 is 17.5 Å². The second-order valence-corrected chi connectivity index (χ2v) is 7.29. The van der Waals surface area contributed by atoms with Crippen LogP contribution in [0.3, 0.4) is 0 Å². The first-order chi connectivity index (χ1) is 14.6. The minimum atomic E-state index is -0.472. The van der Waals surface area contributed by atoms with Gasteiger partial charge in [0.2, 0.25) is 5.76 Å². The summed E-state index contributed by atoms with van der Waals surface area (Å²) < 4.78 is 10.8. The number of para-hydroxylation sites is 1. The summed E-state index contributed by atoms with van der Waals surface area (Å²) in [6.07, 6.45) is 1.99. The molecule has 1 aliphatic rings. The van der Waals surface area contributed by atoms with Crippen LogP contribution in [0, 0.1) is 6.92 Å². The van der Waals surface area contributed by atoms with Gasteiger partial charge in [-0.15, -0.1) is 0 Å². The molecule has 1 aromatic heterocycles. The van der Waals surface area contributed by atoms with Gasteiger partial charge in [-0.2, -0.15) is 0 Å². The molecule has 30 heavy (non-hydrogen) atoms. The van der Waals surface area contributed by atoms with Crippen LogP contribution in [0.4, 0.5) is 5.69 Å². The fourth-order valence-electron chi connectivity index (χ4n) is 3.32. The first-order valence-corrected chi connectivity index (χ1v) is 9.94. The maximum absolute atomic E-state index is 12.7. The van der Waals surface area contributed by atoms with E-state index in [9.17, 15) is 9.59 Å². The number of hydrogen-bond acceptors (Lipinski definition) is 5. The SMILES string of the molecule is Cc1ccc(-c2cc(C(=O)Nc3ccccc3C(=O)NCC3CCCO3)on2)cc1. The highest BCUT2D eigenvalue weighted by molar-refractivity contribution is 6.08. The lowest BCUT2D eigenvalue weighted by Crippen LogP contribution is -2.32. The van der Waals surface area contributed by atoms with E-state index in [1.807, 2.05) is 31.2 Å². The molecule has 4 rings (SSSR count). The summed E-state index contributed by atoms with van der Waals surface area (Å²) in [5, 5.41) is 9.60. The molecule has 0 spiro atoms. The zero-order chi connectivity index (χ0) is 20.9. The minimum absolute atomic E-state index is 0.0464. The van der Waals surface area contributed by atoms with Gasteiger partial charge in [0, 0.05) is 24.8 Å². The van der Waals surface area contributed by atoms with E-state index >= 15 is 0 Å². The largest absolute Gasteiger partial charge is 0.376 e. The van der Waals surface area contributed by atoms with Gasteiger partial charge in [-0.25, -0.2) is 0 Å². The Labute approximate surface area is 174 Å².